The summed E-state index contributed by atoms with van der Waals surface area (Å²) in [7, 11) is -1.78. The zero-order chi connectivity index (χ0) is 7.73. The van der Waals surface area contributed by atoms with Gasteiger partial charge in [0, 0.05) is 5.41 Å². The molecule has 0 amide bonds. The van der Waals surface area contributed by atoms with Crippen LogP contribution in [0.2, 0.25) is 0 Å². The minimum absolute atomic E-state index is 0.225. The van der Waals surface area contributed by atoms with Crippen molar-refractivity contribution in [2.24, 2.45) is 5.41 Å². The molecule has 1 aliphatic carbocycles. The highest BCUT2D eigenvalue weighted by Crippen LogP contribution is 2.46. The van der Waals surface area contributed by atoms with Crippen LogP contribution in [0.3, 0.4) is 0 Å². The Bertz CT molecular complexity index is 163. The fraction of sp³-hybridized carbons (Fsp3) is 1.00. The van der Waals surface area contributed by atoms with E-state index in [1.807, 2.05) is 0 Å². The number of rotatable bonds is 0. The predicted molar refractivity (Wildman–Crippen MR) is 40.4 cm³/mol. The molecule has 1 spiro atoms. The molecule has 3 nitrogen and oxygen atoms in total. The van der Waals surface area contributed by atoms with Crippen LogP contribution in [-0.4, -0.2) is 13.2 Å². The average Bonchev–Trinajstić information content (AvgIpc) is 2.45. The Hall–Kier alpha value is 0.0200. The van der Waals surface area contributed by atoms with E-state index < -0.39 is 8.25 Å². The monoisotopic (exact) mass is 175 g/mol. The Kier molecular flexibility index (Phi) is 1.96. The summed E-state index contributed by atoms with van der Waals surface area (Å²) >= 11 is 0. The fourth-order valence-electron chi connectivity index (χ4n) is 1.87. The fourth-order valence-corrected chi connectivity index (χ4v) is 2.70. The summed E-state index contributed by atoms with van der Waals surface area (Å²) in [4.78, 5) is 0. The van der Waals surface area contributed by atoms with Crippen molar-refractivity contribution in [1.82, 2.24) is 0 Å². The predicted octanol–water partition coefficient (Wildman–Crippen LogP) is 2.25. The van der Waals surface area contributed by atoms with Crippen molar-refractivity contribution in [1.29, 1.82) is 0 Å². The van der Waals surface area contributed by atoms with Crippen LogP contribution in [0.25, 0.3) is 0 Å². The minimum Gasteiger partial charge on any atom is -0.282 e. The molecule has 1 heterocycles. The van der Waals surface area contributed by atoms with E-state index in [0.29, 0.717) is 13.2 Å². The second-order valence-corrected chi connectivity index (χ2v) is 4.44. The van der Waals surface area contributed by atoms with Crippen molar-refractivity contribution < 1.29 is 13.6 Å². The van der Waals surface area contributed by atoms with Gasteiger partial charge in [0.25, 0.3) is 0 Å². The quantitative estimate of drug-likeness (QED) is 0.529. The Balaban J connectivity index is 1.99. The normalized spacial score (nSPS) is 29.6. The molecule has 0 aromatic heterocycles. The molecule has 1 saturated heterocycles. The van der Waals surface area contributed by atoms with E-state index in [9.17, 15) is 4.57 Å². The molecule has 2 fully saturated rings. The van der Waals surface area contributed by atoms with E-state index in [0.717, 1.165) is 0 Å². The van der Waals surface area contributed by atoms with E-state index >= 15 is 0 Å². The van der Waals surface area contributed by atoms with E-state index in [4.69, 9.17) is 9.05 Å². The van der Waals surface area contributed by atoms with Crippen molar-refractivity contribution in [3.8, 4) is 0 Å². The van der Waals surface area contributed by atoms with Gasteiger partial charge >= 0.3 is 8.25 Å². The van der Waals surface area contributed by atoms with Crippen LogP contribution in [0.4, 0.5) is 0 Å². The summed E-state index contributed by atoms with van der Waals surface area (Å²) in [6.07, 6.45) is 4.89. The van der Waals surface area contributed by atoms with Gasteiger partial charge in [0.2, 0.25) is 0 Å². The van der Waals surface area contributed by atoms with Crippen LogP contribution in [0.1, 0.15) is 25.7 Å². The Labute approximate surface area is 67.0 Å². The molecule has 63 valence electrons. The van der Waals surface area contributed by atoms with Gasteiger partial charge < -0.3 is 0 Å². The van der Waals surface area contributed by atoms with Crippen LogP contribution in [0, 0.1) is 5.41 Å². The van der Waals surface area contributed by atoms with Crippen molar-refractivity contribution >= 4 is 8.25 Å². The maximum absolute atomic E-state index is 10.7. The lowest BCUT2D eigenvalue weighted by Gasteiger charge is -2.30. The molecular weight excluding hydrogens is 163 g/mol. The van der Waals surface area contributed by atoms with Gasteiger partial charge in [0.05, 0.1) is 13.2 Å². The zero-order valence-corrected chi connectivity index (χ0v) is 7.31. The van der Waals surface area contributed by atoms with Crippen molar-refractivity contribution in [2.75, 3.05) is 13.2 Å². The molecule has 0 unspecified atom stereocenters. The molecule has 0 atom stereocenters. The second-order valence-electron chi connectivity index (χ2n) is 3.48. The highest BCUT2D eigenvalue weighted by molar-refractivity contribution is 7.33. The molecule has 2 aliphatic rings. The molecular formula is C7H12O3P. The molecule has 11 heavy (non-hydrogen) atoms. The third-order valence-electron chi connectivity index (χ3n) is 2.62. The molecule has 0 bridgehead atoms. The van der Waals surface area contributed by atoms with E-state index in [1.165, 1.54) is 25.7 Å². The number of hydrogen-bond acceptors (Lipinski definition) is 3. The van der Waals surface area contributed by atoms with Gasteiger partial charge in [-0.15, -0.1) is 0 Å². The molecule has 0 aromatic rings. The first-order valence-corrected chi connectivity index (χ1v) is 5.13. The summed E-state index contributed by atoms with van der Waals surface area (Å²) in [5.74, 6) is 0. The minimum atomic E-state index is -1.78. The van der Waals surface area contributed by atoms with Gasteiger partial charge in [0.1, 0.15) is 0 Å². The van der Waals surface area contributed by atoms with Gasteiger partial charge in [-0.2, -0.15) is 0 Å². The van der Waals surface area contributed by atoms with Crippen LogP contribution >= 0.6 is 8.25 Å². The summed E-state index contributed by atoms with van der Waals surface area (Å²) in [5.41, 5.74) is 0.225. The first kappa shape index (κ1) is 7.66. The van der Waals surface area contributed by atoms with Gasteiger partial charge in [-0.3, -0.25) is 9.05 Å². The lowest BCUT2D eigenvalue weighted by molar-refractivity contribution is 0.0326. The Morgan fingerprint density at radius 1 is 1.09 bits per heavy atom. The topological polar surface area (TPSA) is 35.5 Å². The molecule has 0 aromatic carbocycles. The van der Waals surface area contributed by atoms with E-state index in [2.05, 4.69) is 0 Å². The van der Waals surface area contributed by atoms with Crippen molar-refractivity contribution in [3.63, 3.8) is 0 Å². The summed E-state index contributed by atoms with van der Waals surface area (Å²) in [6.45, 7) is 1.28. The van der Waals surface area contributed by atoms with Crippen molar-refractivity contribution in [3.05, 3.63) is 0 Å². The zero-order valence-electron chi connectivity index (χ0n) is 6.41. The van der Waals surface area contributed by atoms with Crippen LogP contribution < -0.4 is 0 Å². The van der Waals surface area contributed by atoms with Crippen LogP contribution in [-0.2, 0) is 13.6 Å². The van der Waals surface area contributed by atoms with Gasteiger partial charge in [0.15, 0.2) is 0 Å². The molecule has 1 saturated carbocycles. The lowest BCUT2D eigenvalue weighted by Crippen LogP contribution is -2.30. The molecule has 4 heteroatoms. The molecule has 2 rings (SSSR count). The first-order valence-electron chi connectivity index (χ1n) is 4.04. The average molecular weight is 175 g/mol. The van der Waals surface area contributed by atoms with Crippen molar-refractivity contribution in [2.45, 2.75) is 25.7 Å². The third kappa shape index (κ3) is 1.46. The first-order chi connectivity index (χ1) is 5.31. The highest BCUT2D eigenvalue weighted by Gasteiger charge is 2.38. The lowest BCUT2D eigenvalue weighted by atomic mass is 9.89. The maximum Gasteiger partial charge on any atom is 0.368 e. The molecule has 0 N–H and O–H groups in total. The third-order valence-corrected chi connectivity index (χ3v) is 3.30. The van der Waals surface area contributed by atoms with Gasteiger partial charge in [-0.1, -0.05) is 12.8 Å². The molecule has 1 radical (unpaired) electrons. The Morgan fingerprint density at radius 2 is 1.64 bits per heavy atom. The van der Waals surface area contributed by atoms with Crippen LogP contribution in [0.5, 0.6) is 0 Å². The summed E-state index contributed by atoms with van der Waals surface area (Å²) in [5, 5.41) is 0. The van der Waals surface area contributed by atoms with E-state index in [-0.39, 0.29) is 5.41 Å². The standard InChI is InChI=1S/C7H12O3P/c8-11-9-5-7(6-10-11)3-1-2-4-7/h1-6H2. The molecule has 1 aliphatic heterocycles. The summed E-state index contributed by atoms with van der Waals surface area (Å²) in [6, 6.07) is 0. The summed E-state index contributed by atoms with van der Waals surface area (Å²) < 4.78 is 20.7. The highest BCUT2D eigenvalue weighted by atomic mass is 31.1. The Morgan fingerprint density at radius 3 is 2.18 bits per heavy atom. The largest absolute Gasteiger partial charge is 0.368 e. The van der Waals surface area contributed by atoms with Gasteiger partial charge in [-0.05, 0) is 12.8 Å². The SMILES string of the molecule is O=[P]1OCC2(CCCC2)CO1. The smallest absolute Gasteiger partial charge is 0.282 e. The second kappa shape index (κ2) is 2.81. The van der Waals surface area contributed by atoms with Gasteiger partial charge in [-0.25, -0.2) is 4.57 Å². The maximum atomic E-state index is 10.7. The number of hydrogen-bond donors (Lipinski definition) is 0. The van der Waals surface area contributed by atoms with Crippen LogP contribution in [0.15, 0.2) is 0 Å². The van der Waals surface area contributed by atoms with E-state index in [1.54, 1.807) is 0 Å².